The number of nitrogens with one attached hydrogen (secondary N) is 1. The highest BCUT2D eigenvalue weighted by Gasteiger charge is 2.09. The van der Waals surface area contributed by atoms with E-state index in [0.29, 0.717) is 0 Å². The molecule has 0 saturated carbocycles. The molecule has 0 aliphatic heterocycles. The smallest absolute Gasteiger partial charge is 0.126 e. The number of anilines is 1. The van der Waals surface area contributed by atoms with E-state index in [4.69, 9.17) is 4.99 Å². The van der Waals surface area contributed by atoms with Gasteiger partial charge in [-0.25, -0.2) is 4.99 Å². The number of nitrogens with zero attached hydrogens (tertiary/aromatic N) is 1. The molecule has 3 rings (SSSR count). The van der Waals surface area contributed by atoms with Crippen molar-refractivity contribution >= 4 is 23.0 Å². The Labute approximate surface area is 162 Å². The van der Waals surface area contributed by atoms with Crippen molar-refractivity contribution in [3.63, 3.8) is 0 Å². The average Bonchev–Trinajstić information content (AvgIpc) is 2.69. The van der Waals surface area contributed by atoms with Crippen LogP contribution in [0.4, 0.5) is 5.69 Å². The molecule has 0 fully saturated rings. The largest absolute Gasteiger partial charge is 0.340 e. The summed E-state index contributed by atoms with van der Waals surface area (Å²) in [7, 11) is 0. The highest BCUT2D eigenvalue weighted by Crippen LogP contribution is 2.24. The summed E-state index contributed by atoms with van der Waals surface area (Å²) in [5.74, 6) is 0.846. The maximum atomic E-state index is 4.84. The Hall–Kier alpha value is -3.13. The van der Waals surface area contributed by atoms with Gasteiger partial charge in [0.2, 0.25) is 0 Å². The number of aliphatic imine (C=N–C) groups is 1. The van der Waals surface area contributed by atoms with Crippen molar-refractivity contribution < 1.29 is 0 Å². The van der Waals surface area contributed by atoms with Crippen molar-refractivity contribution in [1.29, 1.82) is 0 Å². The molecule has 0 atom stereocenters. The lowest BCUT2D eigenvalue weighted by atomic mass is 9.95. The third kappa shape index (κ3) is 4.73. The van der Waals surface area contributed by atoms with Gasteiger partial charge in [0, 0.05) is 17.8 Å². The van der Waals surface area contributed by atoms with E-state index in [1.54, 1.807) is 0 Å². The molecule has 2 heteroatoms. The Morgan fingerprint density at radius 2 is 2.00 bits per heavy atom. The lowest BCUT2D eigenvalue weighted by molar-refractivity contribution is 1.25. The van der Waals surface area contributed by atoms with Gasteiger partial charge in [-0.05, 0) is 67.3 Å². The number of aryl methyl sites for hydroxylation is 2. The summed E-state index contributed by atoms with van der Waals surface area (Å²) in [5, 5.41) is 3.41. The fourth-order valence-electron chi connectivity index (χ4n) is 3.11. The van der Waals surface area contributed by atoms with E-state index in [1.165, 1.54) is 22.3 Å². The summed E-state index contributed by atoms with van der Waals surface area (Å²) >= 11 is 0. The van der Waals surface area contributed by atoms with Crippen LogP contribution in [0.2, 0.25) is 0 Å². The zero-order chi connectivity index (χ0) is 19.2. The standard InChI is InChI=1S/C25H26N2/c1-5-20-16-24(14-13-19(20)4)27-25(6-2)26-23-12-8-11-22(17-23)21-10-7-9-18(3)15-21/h5-16,27H,1,17H2,2-4H3/b25-6+,26-23-. The van der Waals surface area contributed by atoms with E-state index < -0.39 is 0 Å². The second-order valence-corrected chi connectivity index (χ2v) is 6.77. The van der Waals surface area contributed by atoms with Crippen molar-refractivity contribution in [3.05, 3.63) is 101 Å². The minimum atomic E-state index is 0.824. The highest BCUT2D eigenvalue weighted by molar-refractivity contribution is 6.04. The lowest BCUT2D eigenvalue weighted by Gasteiger charge is -2.14. The first-order chi connectivity index (χ1) is 13.1. The predicted octanol–water partition coefficient (Wildman–Crippen LogP) is 6.70. The molecule has 0 heterocycles. The molecule has 136 valence electrons. The summed E-state index contributed by atoms with van der Waals surface area (Å²) in [5.41, 5.74) is 8.23. The Kier molecular flexibility index (Phi) is 5.87. The molecule has 2 aromatic carbocycles. The third-order valence-corrected chi connectivity index (χ3v) is 4.66. The molecular formula is C25H26N2. The molecule has 2 aromatic rings. The minimum absolute atomic E-state index is 0.824. The van der Waals surface area contributed by atoms with Crippen molar-refractivity contribution in [2.45, 2.75) is 27.2 Å². The molecule has 0 saturated heterocycles. The summed E-state index contributed by atoms with van der Waals surface area (Å²) in [4.78, 5) is 4.84. The molecule has 0 radical (unpaired) electrons. The summed E-state index contributed by atoms with van der Waals surface area (Å²) in [6, 6.07) is 14.9. The molecular weight excluding hydrogens is 328 g/mol. The molecule has 0 unspecified atom stereocenters. The van der Waals surface area contributed by atoms with Gasteiger partial charge in [0.15, 0.2) is 0 Å². The maximum absolute atomic E-state index is 4.84. The number of benzene rings is 2. The van der Waals surface area contributed by atoms with Crippen LogP contribution in [-0.4, -0.2) is 5.71 Å². The van der Waals surface area contributed by atoms with Crippen LogP contribution in [0.25, 0.3) is 11.6 Å². The molecule has 1 aliphatic carbocycles. The average molecular weight is 354 g/mol. The summed E-state index contributed by atoms with van der Waals surface area (Å²) in [6.45, 7) is 10.1. The van der Waals surface area contributed by atoms with E-state index in [0.717, 1.165) is 29.2 Å². The van der Waals surface area contributed by atoms with Crippen LogP contribution in [0, 0.1) is 13.8 Å². The zero-order valence-electron chi connectivity index (χ0n) is 16.3. The molecule has 2 nitrogen and oxygen atoms in total. The van der Waals surface area contributed by atoms with Gasteiger partial charge in [0.05, 0.1) is 0 Å². The fourth-order valence-corrected chi connectivity index (χ4v) is 3.11. The topological polar surface area (TPSA) is 24.4 Å². The molecule has 0 spiro atoms. The number of hydrogen-bond acceptors (Lipinski definition) is 2. The highest BCUT2D eigenvalue weighted by atomic mass is 15.0. The van der Waals surface area contributed by atoms with Gasteiger partial charge in [-0.3, -0.25) is 0 Å². The van der Waals surface area contributed by atoms with Gasteiger partial charge >= 0.3 is 0 Å². The summed E-state index contributed by atoms with van der Waals surface area (Å²) < 4.78 is 0. The minimum Gasteiger partial charge on any atom is -0.340 e. The van der Waals surface area contributed by atoms with Gasteiger partial charge in [-0.2, -0.15) is 0 Å². The second kappa shape index (κ2) is 8.50. The summed E-state index contributed by atoms with van der Waals surface area (Å²) in [6.07, 6.45) is 11.0. The van der Waals surface area contributed by atoms with Crippen molar-refractivity contribution in [2.75, 3.05) is 5.32 Å². The molecule has 0 amide bonds. The van der Waals surface area contributed by atoms with E-state index in [9.17, 15) is 0 Å². The first-order valence-corrected chi connectivity index (χ1v) is 9.27. The Bertz CT molecular complexity index is 972. The van der Waals surface area contributed by atoms with Gasteiger partial charge in [0.25, 0.3) is 0 Å². The predicted molar refractivity (Wildman–Crippen MR) is 119 cm³/mol. The van der Waals surface area contributed by atoms with Crippen molar-refractivity contribution in [3.8, 4) is 0 Å². The Morgan fingerprint density at radius 1 is 1.15 bits per heavy atom. The first kappa shape index (κ1) is 18.7. The van der Waals surface area contributed by atoms with Crippen LogP contribution in [0.5, 0.6) is 0 Å². The zero-order valence-corrected chi connectivity index (χ0v) is 16.3. The van der Waals surface area contributed by atoms with Crippen molar-refractivity contribution in [2.24, 2.45) is 4.99 Å². The maximum Gasteiger partial charge on any atom is 0.126 e. The SMILES string of the molecule is C=Cc1cc(NC(=C/C)/N=C2/C=CC=C(c3cccc(C)c3)C2)ccc1C. The third-order valence-electron chi connectivity index (χ3n) is 4.66. The Balaban J connectivity index is 1.78. The van der Waals surface area contributed by atoms with Crippen molar-refractivity contribution in [1.82, 2.24) is 0 Å². The number of rotatable bonds is 5. The van der Waals surface area contributed by atoms with Crippen LogP contribution in [0.3, 0.4) is 0 Å². The van der Waals surface area contributed by atoms with Crippen LogP contribution in [0.1, 0.15) is 35.6 Å². The van der Waals surface area contributed by atoms with Gasteiger partial charge in [0.1, 0.15) is 5.82 Å². The van der Waals surface area contributed by atoms with Gasteiger partial charge in [-0.15, -0.1) is 0 Å². The molecule has 1 N–H and O–H groups in total. The van der Waals surface area contributed by atoms with E-state index in [2.05, 4.69) is 86.4 Å². The van der Waals surface area contributed by atoms with E-state index in [-0.39, 0.29) is 0 Å². The normalized spacial score (nSPS) is 15.6. The van der Waals surface area contributed by atoms with Crippen LogP contribution < -0.4 is 5.32 Å². The van der Waals surface area contributed by atoms with Crippen LogP contribution in [-0.2, 0) is 0 Å². The van der Waals surface area contributed by atoms with E-state index in [1.807, 2.05) is 19.1 Å². The van der Waals surface area contributed by atoms with Crippen LogP contribution in [0.15, 0.2) is 84.2 Å². The second-order valence-electron chi connectivity index (χ2n) is 6.77. The monoisotopic (exact) mass is 354 g/mol. The number of allylic oxidation sites excluding steroid dienone is 5. The van der Waals surface area contributed by atoms with Gasteiger partial charge in [-0.1, -0.05) is 60.7 Å². The number of hydrogen-bond donors (Lipinski definition) is 1. The van der Waals surface area contributed by atoms with E-state index >= 15 is 0 Å². The van der Waals surface area contributed by atoms with Crippen LogP contribution >= 0.6 is 0 Å². The molecule has 27 heavy (non-hydrogen) atoms. The first-order valence-electron chi connectivity index (χ1n) is 9.27. The Morgan fingerprint density at radius 3 is 2.74 bits per heavy atom. The quantitative estimate of drug-likeness (QED) is 0.634. The van der Waals surface area contributed by atoms with Gasteiger partial charge < -0.3 is 5.32 Å². The molecule has 1 aliphatic rings. The molecule has 0 bridgehead atoms. The fraction of sp³-hybridized carbons (Fsp3) is 0.160. The lowest BCUT2D eigenvalue weighted by Crippen LogP contribution is -2.05. The molecule has 0 aromatic heterocycles.